The maximum atomic E-state index is 13.7. The van der Waals surface area contributed by atoms with Crippen LogP contribution in [0.1, 0.15) is 48.7 Å². The van der Waals surface area contributed by atoms with E-state index in [1.165, 1.54) is 6.07 Å². The second kappa shape index (κ2) is 5.96. The summed E-state index contributed by atoms with van der Waals surface area (Å²) in [6.07, 6.45) is -2.57. The third-order valence-electron chi connectivity index (χ3n) is 4.39. The number of rotatable bonds is 3. The Morgan fingerprint density at radius 3 is 2.29 bits per heavy atom. The standard InChI is InChI=1S/C19H21F2N3/c1-10(2)24-19-17(13(5)23-24)15(18(20)21)9-16(22-19)14-7-6-11(3)12(4)8-14/h6-10,18H,1-5H3. The van der Waals surface area contributed by atoms with Crippen molar-refractivity contribution in [2.45, 2.75) is 47.1 Å². The molecule has 2 aromatic heterocycles. The van der Waals surface area contributed by atoms with E-state index in [4.69, 9.17) is 0 Å². The lowest BCUT2D eigenvalue weighted by atomic mass is 10.0. The van der Waals surface area contributed by atoms with Crippen LogP contribution in [-0.2, 0) is 0 Å². The monoisotopic (exact) mass is 329 g/mol. The number of fused-ring (bicyclic) bond motifs is 1. The van der Waals surface area contributed by atoms with Crippen molar-refractivity contribution in [3.63, 3.8) is 0 Å². The summed E-state index contributed by atoms with van der Waals surface area (Å²) < 4.78 is 29.0. The van der Waals surface area contributed by atoms with Crippen LogP contribution in [0, 0.1) is 20.8 Å². The zero-order chi connectivity index (χ0) is 17.6. The summed E-state index contributed by atoms with van der Waals surface area (Å²) in [5.41, 5.74) is 4.79. The summed E-state index contributed by atoms with van der Waals surface area (Å²) in [7, 11) is 0. The fraction of sp³-hybridized carbons (Fsp3) is 0.368. The molecular weight excluding hydrogens is 308 g/mol. The van der Waals surface area contributed by atoms with Crippen LogP contribution in [0.2, 0.25) is 0 Å². The molecule has 126 valence electrons. The molecule has 0 atom stereocenters. The lowest BCUT2D eigenvalue weighted by Gasteiger charge is -2.11. The summed E-state index contributed by atoms with van der Waals surface area (Å²) in [4.78, 5) is 4.67. The molecule has 0 saturated carbocycles. The maximum Gasteiger partial charge on any atom is 0.264 e. The van der Waals surface area contributed by atoms with E-state index < -0.39 is 6.43 Å². The largest absolute Gasteiger partial charge is 0.264 e. The SMILES string of the molecule is Cc1ccc(-c2cc(C(F)F)c3c(C)nn(C(C)C)c3n2)cc1C. The third-order valence-corrected chi connectivity index (χ3v) is 4.39. The van der Waals surface area contributed by atoms with Gasteiger partial charge in [0.25, 0.3) is 6.43 Å². The number of hydrogen-bond acceptors (Lipinski definition) is 2. The van der Waals surface area contributed by atoms with E-state index in [2.05, 4.69) is 10.1 Å². The van der Waals surface area contributed by atoms with E-state index in [0.29, 0.717) is 22.4 Å². The van der Waals surface area contributed by atoms with Crippen molar-refractivity contribution >= 4 is 11.0 Å². The molecule has 1 aromatic carbocycles. The van der Waals surface area contributed by atoms with Crippen LogP contribution in [0.25, 0.3) is 22.3 Å². The Bertz CT molecular complexity index is 911. The fourth-order valence-electron chi connectivity index (χ4n) is 2.93. The Kier molecular flexibility index (Phi) is 4.11. The molecule has 0 amide bonds. The first-order valence-electron chi connectivity index (χ1n) is 8.05. The lowest BCUT2D eigenvalue weighted by Crippen LogP contribution is -2.04. The highest BCUT2D eigenvalue weighted by Gasteiger charge is 2.21. The summed E-state index contributed by atoms with van der Waals surface area (Å²) in [6, 6.07) is 7.45. The van der Waals surface area contributed by atoms with Gasteiger partial charge in [-0.15, -0.1) is 0 Å². The van der Waals surface area contributed by atoms with Crippen LogP contribution in [0.3, 0.4) is 0 Å². The maximum absolute atomic E-state index is 13.7. The van der Waals surface area contributed by atoms with Crippen molar-refractivity contribution in [2.75, 3.05) is 0 Å². The first-order valence-corrected chi connectivity index (χ1v) is 8.05. The van der Waals surface area contributed by atoms with E-state index >= 15 is 0 Å². The molecule has 0 N–H and O–H groups in total. The number of pyridine rings is 1. The van der Waals surface area contributed by atoms with Gasteiger partial charge in [-0.2, -0.15) is 5.10 Å². The van der Waals surface area contributed by atoms with Gasteiger partial charge < -0.3 is 0 Å². The van der Waals surface area contributed by atoms with E-state index in [-0.39, 0.29) is 11.6 Å². The van der Waals surface area contributed by atoms with Gasteiger partial charge in [-0.25, -0.2) is 18.4 Å². The number of hydrogen-bond donors (Lipinski definition) is 0. The molecule has 3 aromatic rings. The molecule has 0 fully saturated rings. The van der Waals surface area contributed by atoms with Crippen LogP contribution < -0.4 is 0 Å². The Morgan fingerprint density at radius 1 is 1.00 bits per heavy atom. The molecule has 0 radical (unpaired) electrons. The number of nitrogens with zero attached hydrogens (tertiary/aromatic N) is 3. The summed E-state index contributed by atoms with van der Waals surface area (Å²) >= 11 is 0. The summed E-state index contributed by atoms with van der Waals surface area (Å²) in [6.45, 7) is 9.73. The topological polar surface area (TPSA) is 30.7 Å². The van der Waals surface area contributed by atoms with Gasteiger partial charge in [-0.1, -0.05) is 12.1 Å². The molecule has 0 unspecified atom stereocenters. The first-order chi connectivity index (χ1) is 11.3. The smallest absolute Gasteiger partial charge is 0.244 e. The Labute approximate surface area is 140 Å². The van der Waals surface area contributed by atoms with Gasteiger partial charge in [0.05, 0.1) is 16.8 Å². The predicted octanol–water partition coefficient (Wildman–Crippen LogP) is 5.54. The van der Waals surface area contributed by atoms with Gasteiger partial charge >= 0.3 is 0 Å². The molecule has 0 bridgehead atoms. The second-order valence-corrected chi connectivity index (χ2v) is 6.52. The van der Waals surface area contributed by atoms with Crippen molar-refractivity contribution in [1.29, 1.82) is 0 Å². The summed E-state index contributed by atoms with van der Waals surface area (Å²) in [5.74, 6) is 0. The average molecular weight is 329 g/mol. The third kappa shape index (κ3) is 2.68. The highest BCUT2D eigenvalue weighted by Crippen LogP contribution is 2.34. The number of aryl methyl sites for hydroxylation is 3. The van der Waals surface area contributed by atoms with E-state index in [9.17, 15) is 8.78 Å². The van der Waals surface area contributed by atoms with Crippen molar-refractivity contribution in [2.24, 2.45) is 0 Å². The highest BCUT2D eigenvalue weighted by molar-refractivity contribution is 5.85. The molecule has 0 aliphatic rings. The number of benzene rings is 1. The quantitative estimate of drug-likeness (QED) is 0.631. The van der Waals surface area contributed by atoms with Crippen LogP contribution in [-0.4, -0.2) is 14.8 Å². The van der Waals surface area contributed by atoms with Gasteiger partial charge in [0, 0.05) is 17.2 Å². The van der Waals surface area contributed by atoms with Crippen LogP contribution in [0.15, 0.2) is 24.3 Å². The van der Waals surface area contributed by atoms with Crippen molar-refractivity contribution in [1.82, 2.24) is 14.8 Å². The molecule has 0 aliphatic heterocycles. The summed E-state index contributed by atoms with van der Waals surface area (Å²) in [5, 5.41) is 4.88. The Hall–Kier alpha value is -2.30. The first kappa shape index (κ1) is 16.6. The minimum atomic E-state index is -2.57. The van der Waals surface area contributed by atoms with Gasteiger partial charge in [-0.05, 0) is 57.9 Å². The highest BCUT2D eigenvalue weighted by atomic mass is 19.3. The van der Waals surface area contributed by atoms with E-state index in [0.717, 1.165) is 16.7 Å². The minimum Gasteiger partial charge on any atom is -0.244 e. The van der Waals surface area contributed by atoms with Crippen molar-refractivity contribution in [3.05, 3.63) is 46.6 Å². The van der Waals surface area contributed by atoms with E-state index in [1.807, 2.05) is 45.9 Å². The molecule has 3 rings (SSSR count). The molecule has 24 heavy (non-hydrogen) atoms. The van der Waals surface area contributed by atoms with Crippen LogP contribution in [0.5, 0.6) is 0 Å². The van der Waals surface area contributed by atoms with Crippen molar-refractivity contribution in [3.8, 4) is 11.3 Å². The molecule has 2 heterocycles. The van der Waals surface area contributed by atoms with Gasteiger partial charge in [-0.3, -0.25) is 0 Å². The number of aromatic nitrogens is 3. The van der Waals surface area contributed by atoms with Gasteiger partial charge in [0.15, 0.2) is 5.65 Å². The zero-order valence-corrected chi connectivity index (χ0v) is 14.6. The molecule has 0 saturated heterocycles. The van der Waals surface area contributed by atoms with Crippen LogP contribution in [0.4, 0.5) is 8.78 Å². The predicted molar refractivity (Wildman–Crippen MR) is 92.5 cm³/mol. The Morgan fingerprint density at radius 2 is 1.71 bits per heavy atom. The lowest BCUT2D eigenvalue weighted by molar-refractivity contribution is 0.153. The van der Waals surface area contributed by atoms with Crippen molar-refractivity contribution < 1.29 is 8.78 Å². The van der Waals surface area contributed by atoms with Gasteiger partial charge in [0.2, 0.25) is 0 Å². The molecule has 5 heteroatoms. The van der Waals surface area contributed by atoms with Crippen LogP contribution >= 0.6 is 0 Å². The van der Waals surface area contributed by atoms with Gasteiger partial charge in [0.1, 0.15) is 0 Å². The number of alkyl halides is 2. The molecule has 0 spiro atoms. The average Bonchev–Trinajstić information content (AvgIpc) is 2.86. The second-order valence-electron chi connectivity index (χ2n) is 6.52. The molecule has 3 nitrogen and oxygen atoms in total. The minimum absolute atomic E-state index is 0.00220. The molecular formula is C19H21F2N3. The number of halogens is 2. The van der Waals surface area contributed by atoms with E-state index in [1.54, 1.807) is 11.6 Å². The Balaban J connectivity index is 2.33. The normalized spacial score (nSPS) is 11.9. The fourth-order valence-corrected chi connectivity index (χ4v) is 2.93. The zero-order valence-electron chi connectivity index (χ0n) is 14.6. The molecule has 0 aliphatic carbocycles.